The van der Waals surface area contributed by atoms with E-state index in [0.29, 0.717) is 39.6 Å². The molecule has 0 saturated heterocycles. The Morgan fingerprint density at radius 1 is 0.444 bits per heavy atom. The summed E-state index contributed by atoms with van der Waals surface area (Å²) in [6.07, 6.45) is 43.2. The van der Waals surface area contributed by atoms with Crippen molar-refractivity contribution >= 4 is 6.09 Å². The van der Waals surface area contributed by atoms with Crippen molar-refractivity contribution in [2.75, 3.05) is 53.3 Å². The Labute approximate surface area is 337 Å². The van der Waals surface area contributed by atoms with Crippen molar-refractivity contribution < 1.29 is 28.5 Å². The maximum absolute atomic E-state index is 12.5. The highest BCUT2D eigenvalue weighted by Gasteiger charge is 2.22. The normalized spacial score (nSPS) is 12.7. The standard InChI is InChI=1S/C47H95NO6/c1-5-7-9-11-13-15-17-19-21-23-25-27-29-31-33-35-39-52-44-46(45(3)54-47(49)48-38-37-40-51-43-42-50-4)53-41-36-34-32-30-28-26-24-22-20-18-16-14-12-10-8-6-2/h45-46H,5-44H2,1-4H3,(H,48,49)/t45-,46-/m1/s1. The predicted molar refractivity (Wildman–Crippen MR) is 231 cm³/mol. The third-order valence-electron chi connectivity index (χ3n) is 10.7. The summed E-state index contributed by atoms with van der Waals surface area (Å²) in [5.74, 6) is 0. The molecule has 324 valence electrons. The van der Waals surface area contributed by atoms with Gasteiger partial charge in [-0.2, -0.15) is 0 Å². The number of rotatable bonds is 46. The summed E-state index contributed by atoms with van der Waals surface area (Å²) in [6.45, 7) is 10.6. The van der Waals surface area contributed by atoms with Gasteiger partial charge in [-0.3, -0.25) is 0 Å². The van der Waals surface area contributed by atoms with E-state index >= 15 is 0 Å². The molecule has 0 unspecified atom stereocenters. The van der Waals surface area contributed by atoms with Gasteiger partial charge in [-0.15, -0.1) is 0 Å². The van der Waals surface area contributed by atoms with E-state index in [-0.39, 0.29) is 12.2 Å². The van der Waals surface area contributed by atoms with Gasteiger partial charge in [0.25, 0.3) is 0 Å². The van der Waals surface area contributed by atoms with Crippen LogP contribution in [0.1, 0.15) is 233 Å². The number of ether oxygens (including phenoxy) is 5. The Hall–Kier alpha value is -0.890. The summed E-state index contributed by atoms with van der Waals surface area (Å²) in [5.41, 5.74) is 0. The van der Waals surface area contributed by atoms with Crippen LogP contribution in [0.3, 0.4) is 0 Å². The smallest absolute Gasteiger partial charge is 0.407 e. The Morgan fingerprint density at radius 2 is 0.815 bits per heavy atom. The molecule has 0 fully saturated rings. The number of carbonyl (C=O) groups excluding carboxylic acids is 1. The maximum Gasteiger partial charge on any atom is 0.407 e. The molecule has 2 atom stereocenters. The average Bonchev–Trinajstić information content (AvgIpc) is 3.17. The largest absolute Gasteiger partial charge is 0.444 e. The molecule has 7 heteroatoms. The minimum Gasteiger partial charge on any atom is -0.444 e. The van der Waals surface area contributed by atoms with Crippen LogP contribution in [0.4, 0.5) is 4.79 Å². The summed E-state index contributed by atoms with van der Waals surface area (Å²) < 4.78 is 28.5. The van der Waals surface area contributed by atoms with Gasteiger partial charge < -0.3 is 29.0 Å². The molecule has 54 heavy (non-hydrogen) atoms. The Morgan fingerprint density at radius 3 is 1.22 bits per heavy atom. The highest BCUT2D eigenvalue weighted by Crippen LogP contribution is 2.16. The minimum atomic E-state index is -0.409. The summed E-state index contributed by atoms with van der Waals surface area (Å²) in [4.78, 5) is 12.5. The van der Waals surface area contributed by atoms with Crippen LogP contribution < -0.4 is 5.32 Å². The van der Waals surface area contributed by atoms with Crippen LogP contribution >= 0.6 is 0 Å². The SMILES string of the molecule is CCCCCCCCCCCCCCCCCCOC[C@@H](OCCCCCCCCCCCCCCCCCC)[C@@H](C)OC(=O)NCCCOCCOC. The van der Waals surface area contributed by atoms with E-state index in [2.05, 4.69) is 19.2 Å². The van der Waals surface area contributed by atoms with Crippen molar-refractivity contribution in [2.45, 2.75) is 245 Å². The number of amides is 1. The van der Waals surface area contributed by atoms with Gasteiger partial charge in [0.2, 0.25) is 0 Å². The Bertz CT molecular complexity index is 710. The molecule has 0 aromatic carbocycles. The fraction of sp³-hybridized carbons (Fsp3) is 0.979. The van der Waals surface area contributed by atoms with E-state index in [9.17, 15) is 4.79 Å². The number of hydrogen-bond acceptors (Lipinski definition) is 6. The molecule has 7 nitrogen and oxygen atoms in total. The molecule has 0 aromatic rings. The van der Waals surface area contributed by atoms with Crippen LogP contribution in [-0.4, -0.2) is 71.6 Å². The summed E-state index contributed by atoms with van der Waals surface area (Å²) in [5, 5.41) is 2.84. The van der Waals surface area contributed by atoms with Crippen molar-refractivity contribution in [3.63, 3.8) is 0 Å². The molecule has 0 aliphatic heterocycles. The molecule has 0 rings (SSSR count). The number of nitrogens with one attached hydrogen (secondary N) is 1. The third-order valence-corrected chi connectivity index (χ3v) is 10.7. The first kappa shape index (κ1) is 53.1. The fourth-order valence-corrected chi connectivity index (χ4v) is 7.05. The fourth-order valence-electron chi connectivity index (χ4n) is 7.05. The lowest BCUT2D eigenvalue weighted by atomic mass is 10.0. The molecule has 1 N–H and O–H groups in total. The van der Waals surface area contributed by atoms with Gasteiger partial charge in [0.1, 0.15) is 12.2 Å². The molecule has 0 aliphatic rings. The van der Waals surface area contributed by atoms with Gasteiger partial charge in [0.15, 0.2) is 0 Å². The van der Waals surface area contributed by atoms with Gasteiger partial charge in [-0.25, -0.2) is 4.79 Å². The van der Waals surface area contributed by atoms with E-state index < -0.39 is 6.09 Å². The first-order chi connectivity index (χ1) is 26.7. The minimum absolute atomic E-state index is 0.259. The summed E-state index contributed by atoms with van der Waals surface area (Å²) >= 11 is 0. The van der Waals surface area contributed by atoms with E-state index in [1.54, 1.807) is 7.11 Å². The zero-order chi connectivity index (χ0) is 39.3. The van der Waals surface area contributed by atoms with Crippen molar-refractivity contribution in [1.82, 2.24) is 5.32 Å². The zero-order valence-electron chi connectivity index (χ0n) is 36.9. The molecule has 0 bridgehead atoms. The number of hydrogen-bond donors (Lipinski definition) is 1. The summed E-state index contributed by atoms with van der Waals surface area (Å²) in [6, 6.07) is 0. The number of carbonyl (C=O) groups is 1. The second kappa shape index (κ2) is 46.5. The Balaban J connectivity index is 4.09. The van der Waals surface area contributed by atoms with Crippen molar-refractivity contribution in [3.05, 3.63) is 0 Å². The lowest BCUT2D eigenvalue weighted by Gasteiger charge is -2.24. The van der Waals surface area contributed by atoms with Crippen LogP contribution in [0.2, 0.25) is 0 Å². The van der Waals surface area contributed by atoms with Crippen LogP contribution in [0, 0.1) is 0 Å². The van der Waals surface area contributed by atoms with Gasteiger partial charge in [0.05, 0.1) is 19.8 Å². The molecule has 0 aromatic heterocycles. The molecular formula is C47H95NO6. The van der Waals surface area contributed by atoms with Crippen molar-refractivity contribution in [2.24, 2.45) is 0 Å². The first-order valence-corrected chi connectivity index (χ1v) is 23.9. The maximum atomic E-state index is 12.5. The van der Waals surface area contributed by atoms with Gasteiger partial charge in [-0.05, 0) is 26.2 Å². The predicted octanol–water partition coefficient (Wildman–Crippen LogP) is 14.1. The molecule has 0 heterocycles. The molecule has 1 amide bonds. The number of unbranched alkanes of at least 4 members (excludes halogenated alkanes) is 30. The highest BCUT2D eigenvalue weighted by molar-refractivity contribution is 5.67. The van der Waals surface area contributed by atoms with Crippen LogP contribution in [0.15, 0.2) is 0 Å². The van der Waals surface area contributed by atoms with Crippen LogP contribution in [0.5, 0.6) is 0 Å². The van der Waals surface area contributed by atoms with Crippen LogP contribution in [-0.2, 0) is 23.7 Å². The molecule has 0 radical (unpaired) electrons. The second-order valence-electron chi connectivity index (χ2n) is 16.1. The number of methoxy groups -OCH3 is 1. The van der Waals surface area contributed by atoms with Gasteiger partial charge in [-0.1, -0.05) is 206 Å². The second-order valence-corrected chi connectivity index (χ2v) is 16.1. The van der Waals surface area contributed by atoms with E-state index in [1.165, 1.54) is 193 Å². The first-order valence-electron chi connectivity index (χ1n) is 23.9. The zero-order valence-corrected chi connectivity index (χ0v) is 36.9. The van der Waals surface area contributed by atoms with Gasteiger partial charge in [0, 0.05) is 33.5 Å². The third kappa shape index (κ3) is 42.3. The Kier molecular flexibility index (Phi) is 45.7. The lowest BCUT2D eigenvalue weighted by Crippen LogP contribution is -2.38. The lowest BCUT2D eigenvalue weighted by molar-refractivity contribution is -0.0777. The van der Waals surface area contributed by atoms with Crippen molar-refractivity contribution in [1.29, 1.82) is 0 Å². The topological polar surface area (TPSA) is 75.3 Å². The van der Waals surface area contributed by atoms with E-state index in [1.807, 2.05) is 6.92 Å². The van der Waals surface area contributed by atoms with Gasteiger partial charge >= 0.3 is 6.09 Å². The van der Waals surface area contributed by atoms with Crippen LogP contribution in [0.25, 0.3) is 0 Å². The van der Waals surface area contributed by atoms with Crippen molar-refractivity contribution in [3.8, 4) is 0 Å². The quantitative estimate of drug-likeness (QED) is 0.0622. The monoisotopic (exact) mass is 770 g/mol. The average molecular weight is 770 g/mol. The molecular weight excluding hydrogens is 675 g/mol. The highest BCUT2D eigenvalue weighted by atomic mass is 16.6. The van der Waals surface area contributed by atoms with E-state index in [0.717, 1.165) is 25.9 Å². The molecule has 0 spiro atoms. The number of alkyl carbamates (subject to hydrolysis) is 1. The molecule has 0 saturated carbocycles. The summed E-state index contributed by atoms with van der Waals surface area (Å²) in [7, 11) is 1.66. The molecule has 0 aliphatic carbocycles. The van der Waals surface area contributed by atoms with E-state index in [4.69, 9.17) is 23.7 Å².